The summed E-state index contributed by atoms with van der Waals surface area (Å²) in [7, 11) is 0. The van der Waals surface area contributed by atoms with Crippen LogP contribution in [0, 0.1) is 0 Å². The van der Waals surface area contributed by atoms with E-state index in [0.717, 1.165) is 5.56 Å². The van der Waals surface area contributed by atoms with E-state index in [1.54, 1.807) is 0 Å². The van der Waals surface area contributed by atoms with Gasteiger partial charge in [0, 0.05) is 13.8 Å². The van der Waals surface area contributed by atoms with Crippen molar-refractivity contribution in [1.82, 2.24) is 0 Å². The van der Waals surface area contributed by atoms with E-state index in [1.165, 1.54) is 13.8 Å². The van der Waals surface area contributed by atoms with Gasteiger partial charge in [-0.25, -0.2) is 0 Å². The van der Waals surface area contributed by atoms with Crippen LogP contribution in [0.1, 0.15) is 46.1 Å². The molecule has 1 saturated heterocycles. The average Bonchev–Trinajstić information content (AvgIpc) is 2.86. The summed E-state index contributed by atoms with van der Waals surface area (Å²) in [5, 5.41) is 0. The molecule has 6 nitrogen and oxygen atoms in total. The van der Waals surface area contributed by atoms with Crippen LogP contribution in [-0.2, 0) is 35.1 Å². The lowest BCUT2D eigenvalue weighted by molar-refractivity contribution is -0.205. The number of carbonyl (C=O) groups is 2. The minimum atomic E-state index is -0.970. The monoisotopic (exact) mass is 350 g/mol. The van der Waals surface area contributed by atoms with Crippen LogP contribution in [0.4, 0.5) is 0 Å². The van der Waals surface area contributed by atoms with Crippen LogP contribution < -0.4 is 0 Å². The fraction of sp³-hybridized carbons (Fsp3) is 0.579. The number of benzene rings is 1. The van der Waals surface area contributed by atoms with Gasteiger partial charge in [-0.2, -0.15) is 0 Å². The first-order chi connectivity index (χ1) is 11.9. The van der Waals surface area contributed by atoms with Gasteiger partial charge in [-0.15, -0.1) is 0 Å². The molecular weight excluding hydrogens is 324 g/mol. The zero-order valence-corrected chi connectivity index (χ0v) is 15.2. The van der Waals surface area contributed by atoms with Crippen molar-refractivity contribution >= 4 is 11.9 Å². The Kier molecular flexibility index (Phi) is 6.56. The minimum absolute atomic E-state index is 0.348. The van der Waals surface area contributed by atoms with Gasteiger partial charge in [0.1, 0.15) is 11.7 Å². The van der Waals surface area contributed by atoms with Crippen molar-refractivity contribution < 1.29 is 28.5 Å². The molecule has 0 aromatic heterocycles. The van der Waals surface area contributed by atoms with E-state index in [4.69, 9.17) is 18.9 Å². The maximum atomic E-state index is 11.6. The number of hydrogen-bond donors (Lipinski definition) is 0. The van der Waals surface area contributed by atoms with Crippen molar-refractivity contribution in [2.75, 3.05) is 0 Å². The molecule has 6 heteroatoms. The highest BCUT2D eigenvalue weighted by molar-refractivity contribution is 5.67. The third-order valence-corrected chi connectivity index (χ3v) is 4.49. The molecule has 1 aromatic rings. The summed E-state index contributed by atoms with van der Waals surface area (Å²) in [5.74, 6) is -0.964. The molecule has 25 heavy (non-hydrogen) atoms. The summed E-state index contributed by atoms with van der Waals surface area (Å²) in [4.78, 5) is 23.0. The van der Waals surface area contributed by atoms with Gasteiger partial charge in [-0.05, 0) is 18.4 Å². The lowest BCUT2D eigenvalue weighted by atomic mass is 9.89. The van der Waals surface area contributed by atoms with Gasteiger partial charge in [-0.3, -0.25) is 9.59 Å². The van der Waals surface area contributed by atoms with Gasteiger partial charge in [0.2, 0.25) is 6.29 Å². The maximum absolute atomic E-state index is 11.6. The molecule has 0 radical (unpaired) electrons. The first kappa shape index (κ1) is 19.4. The van der Waals surface area contributed by atoms with Crippen LogP contribution in [0.25, 0.3) is 0 Å². The van der Waals surface area contributed by atoms with Crippen LogP contribution in [0.3, 0.4) is 0 Å². The van der Waals surface area contributed by atoms with Crippen LogP contribution >= 0.6 is 0 Å². The zero-order chi connectivity index (χ0) is 18.4. The van der Waals surface area contributed by atoms with Crippen LogP contribution in [0.2, 0.25) is 0 Å². The highest BCUT2D eigenvalue weighted by Crippen LogP contribution is 2.41. The van der Waals surface area contributed by atoms with E-state index < -0.39 is 36.0 Å². The SMILES string of the molecule is CCC1(CC)OC(OC(C)=O)C(OC(C)=O)[C@@H]1OCc1ccccc1. The number of ether oxygens (including phenoxy) is 4. The van der Waals surface area contributed by atoms with Gasteiger partial charge >= 0.3 is 11.9 Å². The van der Waals surface area contributed by atoms with E-state index >= 15 is 0 Å². The Bertz CT molecular complexity index is 581. The van der Waals surface area contributed by atoms with Crippen LogP contribution in [0.5, 0.6) is 0 Å². The first-order valence-electron chi connectivity index (χ1n) is 8.59. The summed E-state index contributed by atoms with van der Waals surface area (Å²) < 4.78 is 22.8. The molecule has 0 aliphatic carbocycles. The fourth-order valence-corrected chi connectivity index (χ4v) is 3.20. The molecule has 2 rings (SSSR count). The minimum Gasteiger partial charge on any atom is -0.453 e. The normalized spacial score (nSPS) is 24.7. The third kappa shape index (κ3) is 4.58. The van der Waals surface area contributed by atoms with Crippen LogP contribution in [0.15, 0.2) is 30.3 Å². The zero-order valence-electron chi connectivity index (χ0n) is 15.2. The maximum Gasteiger partial charge on any atom is 0.305 e. The Balaban J connectivity index is 2.26. The number of carbonyl (C=O) groups excluding carboxylic acids is 2. The molecule has 1 heterocycles. The third-order valence-electron chi connectivity index (χ3n) is 4.49. The van der Waals surface area contributed by atoms with Crippen molar-refractivity contribution in [1.29, 1.82) is 0 Å². The summed E-state index contributed by atoms with van der Waals surface area (Å²) in [6, 6.07) is 9.71. The summed E-state index contributed by atoms with van der Waals surface area (Å²) in [6.07, 6.45) is -1.03. The number of esters is 2. The molecule has 3 atom stereocenters. The van der Waals surface area contributed by atoms with Crippen LogP contribution in [-0.4, -0.2) is 36.0 Å². The Labute approximate surface area is 148 Å². The van der Waals surface area contributed by atoms with Gasteiger partial charge in [0.05, 0.1) is 6.61 Å². The predicted molar refractivity (Wildman–Crippen MR) is 90.5 cm³/mol. The molecule has 1 aliphatic heterocycles. The largest absolute Gasteiger partial charge is 0.453 e. The topological polar surface area (TPSA) is 71.1 Å². The second-order valence-electron chi connectivity index (χ2n) is 6.16. The van der Waals surface area contributed by atoms with Crippen molar-refractivity contribution in [3.05, 3.63) is 35.9 Å². The van der Waals surface area contributed by atoms with Gasteiger partial charge in [0.15, 0.2) is 6.10 Å². The average molecular weight is 350 g/mol. The second kappa shape index (κ2) is 8.45. The number of rotatable bonds is 7. The molecule has 1 fully saturated rings. The Morgan fingerprint density at radius 1 is 1.04 bits per heavy atom. The van der Waals surface area contributed by atoms with Gasteiger partial charge in [0.25, 0.3) is 0 Å². The van der Waals surface area contributed by atoms with E-state index in [1.807, 2.05) is 44.2 Å². The van der Waals surface area contributed by atoms with Crippen molar-refractivity contribution in [2.45, 2.75) is 71.2 Å². The standard InChI is InChI=1S/C19H26O6/c1-5-19(6-2)17(22-12-15-10-8-7-9-11-15)16(23-13(3)20)18(25-19)24-14(4)21/h7-11,16-18H,5-6,12H2,1-4H3/t16?,17-,18?/m0/s1. The fourth-order valence-electron chi connectivity index (χ4n) is 3.20. The molecule has 0 amide bonds. The van der Waals surface area contributed by atoms with Crippen molar-refractivity contribution in [3.63, 3.8) is 0 Å². The molecular formula is C19H26O6. The summed E-state index contributed by atoms with van der Waals surface area (Å²) in [6.45, 7) is 6.91. The van der Waals surface area contributed by atoms with Gasteiger partial charge < -0.3 is 18.9 Å². The van der Waals surface area contributed by atoms with Crippen molar-refractivity contribution in [2.24, 2.45) is 0 Å². The lowest BCUT2D eigenvalue weighted by Crippen LogP contribution is -2.45. The van der Waals surface area contributed by atoms with E-state index in [2.05, 4.69) is 0 Å². The Morgan fingerprint density at radius 2 is 1.64 bits per heavy atom. The first-order valence-corrected chi connectivity index (χ1v) is 8.59. The van der Waals surface area contributed by atoms with Gasteiger partial charge in [-0.1, -0.05) is 44.2 Å². The van der Waals surface area contributed by atoms with E-state index in [0.29, 0.717) is 19.4 Å². The lowest BCUT2D eigenvalue weighted by Gasteiger charge is -2.32. The molecule has 2 unspecified atom stereocenters. The Morgan fingerprint density at radius 3 is 2.16 bits per heavy atom. The highest BCUT2D eigenvalue weighted by Gasteiger charge is 2.57. The molecule has 1 aromatic carbocycles. The Hall–Kier alpha value is -1.92. The second-order valence-corrected chi connectivity index (χ2v) is 6.16. The number of hydrogen-bond acceptors (Lipinski definition) is 6. The highest BCUT2D eigenvalue weighted by atomic mass is 16.7. The van der Waals surface area contributed by atoms with E-state index in [9.17, 15) is 9.59 Å². The molecule has 0 saturated carbocycles. The summed E-state index contributed by atoms with van der Waals surface area (Å²) in [5.41, 5.74) is 0.316. The molecule has 0 spiro atoms. The molecule has 1 aliphatic rings. The molecule has 0 N–H and O–H groups in total. The van der Waals surface area contributed by atoms with Crippen molar-refractivity contribution in [3.8, 4) is 0 Å². The smallest absolute Gasteiger partial charge is 0.305 e. The summed E-state index contributed by atoms with van der Waals surface area (Å²) >= 11 is 0. The predicted octanol–water partition coefficient (Wildman–Crippen LogP) is 2.98. The molecule has 0 bridgehead atoms. The molecule has 138 valence electrons. The van der Waals surface area contributed by atoms with E-state index in [-0.39, 0.29) is 0 Å². The quantitative estimate of drug-likeness (QED) is 0.704.